The van der Waals surface area contributed by atoms with E-state index in [-0.39, 0.29) is 17.1 Å². The van der Waals surface area contributed by atoms with Crippen LogP contribution in [-0.4, -0.2) is 27.2 Å². The lowest BCUT2D eigenvalue weighted by atomic mass is 10.1. The summed E-state index contributed by atoms with van der Waals surface area (Å²) < 4.78 is 35.2. The first-order valence-electron chi connectivity index (χ1n) is 7.64. The van der Waals surface area contributed by atoms with E-state index in [4.69, 9.17) is 8.92 Å². The number of unbranched alkanes of at least 4 members (excludes halogenated alkanes) is 3. The quantitative estimate of drug-likeness (QED) is 0.398. The summed E-state index contributed by atoms with van der Waals surface area (Å²) in [6, 6.07) is 6.74. The molecule has 0 saturated carbocycles. The molecule has 0 spiro atoms. The minimum absolute atomic E-state index is 0.0631. The number of hydrogen-bond acceptors (Lipinski definition) is 4. The molecule has 1 aliphatic heterocycles. The highest BCUT2D eigenvalue weighted by Gasteiger charge is 2.36. The average molecular weight is 312 g/mol. The van der Waals surface area contributed by atoms with Gasteiger partial charge in [-0.05, 0) is 25.5 Å². The number of aryl methyl sites for hydroxylation is 1. The molecule has 0 aromatic heterocycles. The molecule has 0 radical (unpaired) electrons. The molecule has 118 valence electrons. The zero-order valence-electron chi connectivity index (χ0n) is 12.7. The van der Waals surface area contributed by atoms with Crippen LogP contribution in [0.3, 0.4) is 0 Å². The van der Waals surface area contributed by atoms with Gasteiger partial charge in [-0.15, -0.1) is 0 Å². The summed E-state index contributed by atoms with van der Waals surface area (Å²) in [7, 11) is -3.70. The van der Waals surface area contributed by atoms with Crippen LogP contribution < -0.4 is 0 Å². The number of hydrogen-bond donors (Lipinski definition) is 0. The predicted octanol–water partition coefficient (Wildman–Crippen LogP) is 3.44. The molecular formula is C16H24O4S. The molecule has 1 aliphatic rings. The fourth-order valence-electron chi connectivity index (χ4n) is 2.26. The smallest absolute Gasteiger partial charge is 0.297 e. The molecule has 5 heteroatoms. The van der Waals surface area contributed by atoms with Gasteiger partial charge in [0, 0.05) is 0 Å². The third-order valence-electron chi connectivity index (χ3n) is 3.68. The van der Waals surface area contributed by atoms with Gasteiger partial charge in [0.25, 0.3) is 10.1 Å². The van der Waals surface area contributed by atoms with Crippen molar-refractivity contribution in [3.8, 4) is 0 Å². The summed E-state index contributed by atoms with van der Waals surface area (Å²) >= 11 is 0. The molecular weight excluding hydrogens is 288 g/mol. The van der Waals surface area contributed by atoms with Crippen molar-refractivity contribution in [3.05, 3.63) is 29.8 Å². The Morgan fingerprint density at radius 1 is 1.24 bits per heavy atom. The van der Waals surface area contributed by atoms with Crippen molar-refractivity contribution < 1.29 is 17.3 Å². The maximum Gasteiger partial charge on any atom is 0.297 e. The SMILES string of the molecule is CCCCCC[C@H](OS(=O)(=O)c1ccc(C)cc1)[C@@H]1CO1. The summed E-state index contributed by atoms with van der Waals surface area (Å²) in [6.45, 7) is 4.67. The van der Waals surface area contributed by atoms with Gasteiger partial charge in [0.1, 0.15) is 12.2 Å². The molecule has 1 saturated heterocycles. The van der Waals surface area contributed by atoms with E-state index in [9.17, 15) is 8.42 Å². The number of ether oxygens (including phenoxy) is 1. The lowest BCUT2D eigenvalue weighted by molar-refractivity contribution is 0.153. The molecule has 1 heterocycles. The van der Waals surface area contributed by atoms with Gasteiger partial charge in [0.05, 0.1) is 11.5 Å². The van der Waals surface area contributed by atoms with Gasteiger partial charge < -0.3 is 4.74 Å². The lowest BCUT2D eigenvalue weighted by Crippen LogP contribution is -2.24. The molecule has 0 unspecified atom stereocenters. The standard InChI is InChI=1S/C16H24O4S/c1-3-4-5-6-7-15(16-12-19-16)20-21(17,18)14-10-8-13(2)9-11-14/h8-11,15-16H,3-7,12H2,1-2H3/t15-,16-/m0/s1. The van der Waals surface area contributed by atoms with Crippen molar-refractivity contribution in [3.63, 3.8) is 0 Å². The van der Waals surface area contributed by atoms with Crippen molar-refractivity contribution in [1.82, 2.24) is 0 Å². The first-order chi connectivity index (χ1) is 10.0. The fraction of sp³-hybridized carbons (Fsp3) is 0.625. The molecule has 1 aromatic carbocycles. The van der Waals surface area contributed by atoms with Crippen LogP contribution in [0.4, 0.5) is 0 Å². The van der Waals surface area contributed by atoms with Gasteiger partial charge in [-0.1, -0.05) is 50.3 Å². The Morgan fingerprint density at radius 3 is 2.48 bits per heavy atom. The van der Waals surface area contributed by atoms with Crippen molar-refractivity contribution in [2.24, 2.45) is 0 Å². The van der Waals surface area contributed by atoms with Crippen molar-refractivity contribution in [2.75, 3.05) is 6.61 Å². The molecule has 0 aliphatic carbocycles. The van der Waals surface area contributed by atoms with Gasteiger partial charge in [0.15, 0.2) is 0 Å². The molecule has 2 atom stereocenters. The van der Waals surface area contributed by atoms with E-state index in [1.165, 1.54) is 6.42 Å². The molecule has 0 bridgehead atoms. The van der Waals surface area contributed by atoms with E-state index in [0.717, 1.165) is 31.2 Å². The van der Waals surface area contributed by atoms with Crippen LogP contribution in [-0.2, 0) is 19.0 Å². The summed E-state index contributed by atoms with van der Waals surface area (Å²) in [5, 5.41) is 0. The lowest BCUT2D eigenvalue weighted by Gasteiger charge is -2.15. The zero-order chi connectivity index (χ0) is 15.3. The molecule has 21 heavy (non-hydrogen) atoms. The maximum atomic E-state index is 12.3. The van der Waals surface area contributed by atoms with Crippen LogP contribution in [0, 0.1) is 6.92 Å². The molecule has 1 fully saturated rings. The van der Waals surface area contributed by atoms with Gasteiger partial charge in [-0.2, -0.15) is 8.42 Å². The first-order valence-corrected chi connectivity index (χ1v) is 9.05. The Bertz CT molecular complexity index is 532. The molecule has 0 amide bonds. The normalized spacial score (nSPS) is 19.4. The Morgan fingerprint density at radius 2 is 1.90 bits per heavy atom. The topological polar surface area (TPSA) is 55.9 Å². The second kappa shape index (κ2) is 7.38. The summed E-state index contributed by atoms with van der Waals surface area (Å²) in [5.41, 5.74) is 1.02. The second-order valence-corrected chi connectivity index (χ2v) is 7.20. The van der Waals surface area contributed by atoms with E-state index in [1.54, 1.807) is 24.3 Å². The number of benzene rings is 1. The Balaban J connectivity index is 1.96. The van der Waals surface area contributed by atoms with Crippen LogP contribution in [0.25, 0.3) is 0 Å². The fourth-order valence-corrected chi connectivity index (χ4v) is 3.39. The van der Waals surface area contributed by atoms with Gasteiger partial charge in [0.2, 0.25) is 0 Å². The van der Waals surface area contributed by atoms with Crippen molar-refractivity contribution in [1.29, 1.82) is 0 Å². The van der Waals surface area contributed by atoms with E-state index in [2.05, 4.69) is 6.92 Å². The van der Waals surface area contributed by atoms with Gasteiger partial charge in [-0.3, -0.25) is 4.18 Å². The first kappa shape index (κ1) is 16.5. The Kier molecular flexibility index (Phi) is 5.79. The zero-order valence-corrected chi connectivity index (χ0v) is 13.6. The van der Waals surface area contributed by atoms with Crippen LogP contribution in [0.2, 0.25) is 0 Å². The highest BCUT2D eigenvalue weighted by atomic mass is 32.2. The second-order valence-electron chi connectivity index (χ2n) is 5.62. The Hall–Kier alpha value is -0.910. The summed E-state index contributed by atoms with van der Waals surface area (Å²) in [6.07, 6.45) is 4.72. The maximum absolute atomic E-state index is 12.3. The van der Waals surface area contributed by atoms with Crippen LogP contribution in [0.1, 0.15) is 44.6 Å². The van der Waals surface area contributed by atoms with Crippen LogP contribution >= 0.6 is 0 Å². The van der Waals surface area contributed by atoms with Crippen LogP contribution in [0.15, 0.2) is 29.2 Å². The average Bonchev–Trinajstić information content (AvgIpc) is 3.27. The number of rotatable bonds is 9. The van der Waals surface area contributed by atoms with E-state index < -0.39 is 10.1 Å². The predicted molar refractivity (Wildman–Crippen MR) is 81.7 cm³/mol. The molecule has 0 N–H and O–H groups in total. The van der Waals surface area contributed by atoms with E-state index in [1.807, 2.05) is 6.92 Å². The minimum atomic E-state index is -3.70. The molecule has 2 rings (SSSR count). The van der Waals surface area contributed by atoms with Gasteiger partial charge in [-0.25, -0.2) is 0 Å². The largest absolute Gasteiger partial charge is 0.370 e. The highest BCUT2D eigenvalue weighted by molar-refractivity contribution is 7.86. The van der Waals surface area contributed by atoms with Crippen molar-refractivity contribution in [2.45, 2.75) is 63.1 Å². The van der Waals surface area contributed by atoms with Crippen molar-refractivity contribution >= 4 is 10.1 Å². The highest BCUT2D eigenvalue weighted by Crippen LogP contribution is 2.26. The minimum Gasteiger partial charge on any atom is -0.370 e. The monoisotopic (exact) mass is 312 g/mol. The summed E-state index contributed by atoms with van der Waals surface area (Å²) in [5.74, 6) is 0. The Labute approximate surface area is 127 Å². The molecule has 4 nitrogen and oxygen atoms in total. The van der Waals surface area contributed by atoms with Crippen LogP contribution in [0.5, 0.6) is 0 Å². The third-order valence-corrected chi connectivity index (χ3v) is 5.03. The van der Waals surface area contributed by atoms with Gasteiger partial charge >= 0.3 is 0 Å². The third kappa shape index (κ3) is 5.09. The van der Waals surface area contributed by atoms with E-state index in [0.29, 0.717) is 6.61 Å². The summed E-state index contributed by atoms with van der Waals surface area (Å²) in [4.78, 5) is 0.215. The van der Waals surface area contributed by atoms with E-state index >= 15 is 0 Å². The number of epoxide rings is 1. The molecule has 1 aromatic rings.